The molecule has 0 amide bonds. The van der Waals surface area contributed by atoms with Gasteiger partial charge in [0.15, 0.2) is 5.43 Å². The van der Waals surface area contributed by atoms with Gasteiger partial charge in [0.1, 0.15) is 5.58 Å². The molecule has 0 aliphatic rings. The lowest BCUT2D eigenvalue weighted by atomic mass is 10.2. The molecule has 0 unspecified atom stereocenters. The summed E-state index contributed by atoms with van der Waals surface area (Å²) in [5.41, 5.74) is 0.175. The summed E-state index contributed by atoms with van der Waals surface area (Å²) >= 11 is 0. The Morgan fingerprint density at radius 1 is 1.33 bits per heavy atom. The molecule has 1 aromatic heterocycles. The van der Waals surface area contributed by atoms with Crippen molar-refractivity contribution in [2.24, 2.45) is 0 Å². The third-order valence-corrected chi connectivity index (χ3v) is 1.86. The maximum atomic E-state index is 11.5. The number of benzene rings is 1. The van der Waals surface area contributed by atoms with E-state index in [-0.39, 0.29) is 11.4 Å². The minimum Gasteiger partial charge on any atom is -0.425 e. The molecule has 2 rings (SSSR count). The van der Waals surface area contributed by atoms with E-state index >= 15 is 0 Å². The van der Waals surface area contributed by atoms with E-state index in [0.717, 1.165) is 6.07 Å². The van der Waals surface area contributed by atoms with E-state index < -0.39 is 5.97 Å². The summed E-state index contributed by atoms with van der Waals surface area (Å²) in [7, 11) is 0. The maximum Gasteiger partial charge on any atom is 0.310 e. The molecule has 0 atom stereocenters. The zero-order valence-corrected chi connectivity index (χ0v) is 8.02. The monoisotopic (exact) mass is 204 g/mol. The Labute approximate surface area is 85.1 Å². The van der Waals surface area contributed by atoms with Crippen molar-refractivity contribution in [1.82, 2.24) is 0 Å². The Balaban J connectivity index is 2.62. The molecule has 4 heteroatoms. The van der Waals surface area contributed by atoms with Crippen molar-refractivity contribution >= 4 is 16.9 Å². The standard InChI is InChI=1S/C11H8O4/c1-7(12)14-11-6-9(13)8-4-2-3-5-10(8)15-11/h2-6H,1H3. The lowest BCUT2D eigenvalue weighted by molar-refractivity contribution is -0.133. The molecule has 0 N–H and O–H groups in total. The Hall–Kier alpha value is -2.10. The van der Waals surface area contributed by atoms with E-state index in [1.807, 2.05) is 0 Å². The molecule has 0 aliphatic heterocycles. The molecule has 0 radical (unpaired) electrons. The van der Waals surface area contributed by atoms with Gasteiger partial charge in [0.25, 0.3) is 5.95 Å². The summed E-state index contributed by atoms with van der Waals surface area (Å²) in [5.74, 6) is -0.598. The van der Waals surface area contributed by atoms with Gasteiger partial charge in [-0.25, -0.2) is 0 Å². The molecule has 1 heterocycles. The van der Waals surface area contributed by atoms with E-state index in [1.54, 1.807) is 24.3 Å². The van der Waals surface area contributed by atoms with Gasteiger partial charge in [0.05, 0.1) is 11.5 Å². The summed E-state index contributed by atoms with van der Waals surface area (Å²) < 4.78 is 9.91. The highest BCUT2D eigenvalue weighted by Gasteiger charge is 2.06. The van der Waals surface area contributed by atoms with Crippen LogP contribution >= 0.6 is 0 Å². The third kappa shape index (κ3) is 1.88. The predicted octanol–water partition coefficient (Wildman–Crippen LogP) is 1.72. The number of rotatable bonds is 1. The van der Waals surface area contributed by atoms with Crippen molar-refractivity contribution in [3.63, 3.8) is 0 Å². The molecule has 0 spiro atoms. The first kappa shape index (κ1) is 9.45. The minimum atomic E-state index is -0.520. The molecule has 0 fully saturated rings. The van der Waals surface area contributed by atoms with Crippen LogP contribution in [0.3, 0.4) is 0 Å². The first-order valence-electron chi connectivity index (χ1n) is 4.38. The summed E-state index contributed by atoms with van der Waals surface area (Å²) in [6.45, 7) is 1.25. The van der Waals surface area contributed by atoms with E-state index in [4.69, 9.17) is 9.15 Å². The maximum absolute atomic E-state index is 11.5. The SMILES string of the molecule is CC(=O)Oc1cc(=O)c2ccccc2o1. The number of hydrogen-bond donors (Lipinski definition) is 0. The van der Waals surface area contributed by atoms with Crippen molar-refractivity contribution in [1.29, 1.82) is 0 Å². The van der Waals surface area contributed by atoms with Crippen LogP contribution in [0, 0.1) is 0 Å². The Bertz CT molecular complexity index is 568. The quantitative estimate of drug-likeness (QED) is 0.663. The summed E-state index contributed by atoms with van der Waals surface area (Å²) in [6, 6.07) is 7.93. The minimum absolute atomic E-state index is 0.0776. The number of carbonyl (C=O) groups is 1. The van der Waals surface area contributed by atoms with Crippen LogP contribution in [0.15, 0.2) is 39.5 Å². The fourth-order valence-electron chi connectivity index (χ4n) is 1.27. The first-order chi connectivity index (χ1) is 7.16. The molecular weight excluding hydrogens is 196 g/mol. The highest BCUT2D eigenvalue weighted by molar-refractivity contribution is 5.77. The van der Waals surface area contributed by atoms with Crippen molar-refractivity contribution in [3.8, 4) is 5.95 Å². The Kier molecular flexibility index (Phi) is 2.25. The molecule has 0 aliphatic carbocycles. The van der Waals surface area contributed by atoms with Gasteiger partial charge in [-0.1, -0.05) is 12.1 Å². The average Bonchev–Trinajstić information content (AvgIpc) is 2.16. The van der Waals surface area contributed by atoms with Crippen LogP contribution in [0.4, 0.5) is 0 Å². The molecule has 0 saturated heterocycles. The summed E-state index contributed by atoms with van der Waals surface area (Å²) in [5, 5.41) is 0.466. The molecule has 15 heavy (non-hydrogen) atoms. The molecule has 4 nitrogen and oxygen atoms in total. The van der Waals surface area contributed by atoms with Crippen LogP contribution in [-0.2, 0) is 4.79 Å². The number of hydrogen-bond acceptors (Lipinski definition) is 4. The van der Waals surface area contributed by atoms with Crippen molar-refractivity contribution < 1.29 is 13.9 Å². The normalized spacial score (nSPS) is 10.2. The largest absolute Gasteiger partial charge is 0.425 e. The van der Waals surface area contributed by atoms with Crippen molar-refractivity contribution in [2.75, 3.05) is 0 Å². The highest BCUT2D eigenvalue weighted by Crippen LogP contribution is 2.16. The lowest BCUT2D eigenvalue weighted by Gasteiger charge is -2.00. The molecule has 0 saturated carbocycles. The number of fused-ring (bicyclic) bond motifs is 1. The number of esters is 1. The van der Waals surface area contributed by atoms with Crippen molar-refractivity contribution in [3.05, 3.63) is 40.6 Å². The molecule has 1 aromatic carbocycles. The Morgan fingerprint density at radius 2 is 2.07 bits per heavy atom. The van der Waals surface area contributed by atoms with Gasteiger partial charge in [-0.15, -0.1) is 0 Å². The van der Waals surface area contributed by atoms with Gasteiger partial charge in [-0.05, 0) is 12.1 Å². The van der Waals surface area contributed by atoms with E-state index in [1.165, 1.54) is 6.92 Å². The van der Waals surface area contributed by atoms with E-state index in [0.29, 0.717) is 11.0 Å². The average molecular weight is 204 g/mol. The van der Waals surface area contributed by atoms with Gasteiger partial charge >= 0.3 is 5.97 Å². The van der Waals surface area contributed by atoms with Crippen LogP contribution < -0.4 is 10.2 Å². The van der Waals surface area contributed by atoms with Gasteiger partial charge in [-0.3, -0.25) is 9.59 Å². The topological polar surface area (TPSA) is 56.5 Å². The fourth-order valence-corrected chi connectivity index (χ4v) is 1.27. The smallest absolute Gasteiger partial charge is 0.310 e. The van der Waals surface area contributed by atoms with Crippen LogP contribution in [0.1, 0.15) is 6.92 Å². The second-order valence-electron chi connectivity index (χ2n) is 3.02. The van der Waals surface area contributed by atoms with Crippen molar-refractivity contribution in [2.45, 2.75) is 6.92 Å². The molecule has 0 bridgehead atoms. The highest BCUT2D eigenvalue weighted by atomic mass is 16.6. The molecule has 76 valence electrons. The summed E-state index contributed by atoms with van der Waals surface area (Å²) in [6.07, 6.45) is 0. The van der Waals surface area contributed by atoms with Gasteiger partial charge in [0.2, 0.25) is 0 Å². The molecular formula is C11H8O4. The Morgan fingerprint density at radius 3 is 2.80 bits per heavy atom. The van der Waals surface area contributed by atoms with Crippen LogP contribution in [0.2, 0.25) is 0 Å². The number of carbonyl (C=O) groups excluding carboxylic acids is 1. The first-order valence-corrected chi connectivity index (χ1v) is 4.38. The van der Waals surface area contributed by atoms with Gasteiger partial charge in [0, 0.05) is 6.92 Å². The fraction of sp³-hybridized carbons (Fsp3) is 0.0909. The summed E-state index contributed by atoms with van der Waals surface area (Å²) in [4.78, 5) is 22.2. The van der Waals surface area contributed by atoms with Crippen LogP contribution in [0.5, 0.6) is 5.95 Å². The molecule has 2 aromatic rings. The number of para-hydroxylation sites is 1. The van der Waals surface area contributed by atoms with Gasteiger partial charge < -0.3 is 9.15 Å². The lowest BCUT2D eigenvalue weighted by Crippen LogP contribution is -2.06. The second-order valence-corrected chi connectivity index (χ2v) is 3.02. The van der Waals surface area contributed by atoms with Gasteiger partial charge in [-0.2, -0.15) is 0 Å². The predicted molar refractivity (Wildman–Crippen MR) is 53.8 cm³/mol. The second kappa shape index (κ2) is 3.57. The zero-order chi connectivity index (χ0) is 10.8. The van der Waals surface area contributed by atoms with E-state index in [9.17, 15) is 9.59 Å². The number of ether oxygens (including phenoxy) is 1. The third-order valence-electron chi connectivity index (χ3n) is 1.86. The van der Waals surface area contributed by atoms with Crippen LogP contribution in [0.25, 0.3) is 11.0 Å². The van der Waals surface area contributed by atoms with E-state index in [2.05, 4.69) is 0 Å². The van der Waals surface area contributed by atoms with Crippen LogP contribution in [-0.4, -0.2) is 5.97 Å². The zero-order valence-electron chi connectivity index (χ0n) is 8.02.